The molecule has 1 rings (SSSR count). The van der Waals surface area contributed by atoms with Crippen molar-refractivity contribution >= 4 is 5.97 Å². The first-order valence-electron chi connectivity index (χ1n) is 26.8. The van der Waals surface area contributed by atoms with E-state index in [1.807, 2.05) is 0 Å². The largest absolute Gasteiger partial charge is 0.457 e. The van der Waals surface area contributed by atoms with Crippen LogP contribution in [0.5, 0.6) is 0 Å². The summed E-state index contributed by atoms with van der Waals surface area (Å²) in [5.74, 6) is -0.309. The second-order valence-electron chi connectivity index (χ2n) is 18.7. The summed E-state index contributed by atoms with van der Waals surface area (Å²) in [4.78, 5) is 12.8. The van der Waals surface area contributed by atoms with Gasteiger partial charge in [-0.1, -0.05) is 225 Å². The van der Waals surface area contributed by atoms with Crippen molar-refractivity contribution in [3.05, 3.63) is 12.2 Å². The van der Waals surface area contributed by atoms with Gasteiger partial charge in [0, 0.05) is 13.0 Å². The Labute approximate surface area is 382 Å². The van der Waals surface area contributed by atoms with E-state index in [9.17, 15) is 25.2 Å². The van der Waals surface area contributed by atoms with Crippen molar-refractivity contribution in [1.82, 2.24) is 0 Å². The number of ether oxygens (including phenoxy) is 4. The molecule has 1 aliphatic rings. The number of esters is 1. The van der Waals surface area contributed by atoms with Crippen LogP contribution in [-0.2, 0) is 23.7 Å². The van der Waals surface area contributed by atoms with Gasteiger partial charge in [-0.15, -0.1) is 0 Å². The van der Waals surface area contributed by atoms with E-state index in [2.05, 4.69) is 26.0 Å². The Balaban J connectivity index is 2.13. The van der Waals surface area contributed by atoms with Gasteiger partial charge >= 0.3 is 5.97 Å². The molecule has 6 atom stereocenters. The molecular weight excluding hydrogens is 781 g/mol. The molecule has 6 unspecified atom stereocenters. The molecular formula is C53H102O9. The Morgan fingerprint density at radius 3 is 1.32 bits per heavy atom. The van der Waals surface area contributed by atoms with E-state index in [-0.39, 0.29) is 19.2 Å². The molecule has 0 saturated carbocycles. The number of carbonyl (C=O) groups excluding carboxylic acids is 1. The van der Waals surface area contributed by atoms with Crippen molar-refractivity contribution < 1.29 is 44.2 Å². The maximum Gasteiger partial charge on any atom is 0.306 e. The van der Waals surface area contributed by atoms with Gasteiger partial charge in [0.25, 0.3) is 0 Å². The van der Waals surface area contributed by atoms with Gasteiger partial charge in [0.15, 0.2) is 6.29 Å². The lowest BCUT2D eigenvalue weighted by Crippen LogP contribution is -2.59. The zero-order valence-corrected chi connectivity index (χ0v) is 40.6. The third-order valence-corrected chi connectivity index (χ3v) is 12.7. The van der Waals surface area contributed by atoms with E-state index in [1.165, 1.54) is 205 Å². The van der Waals surface area contributed by atoms with Gasteiger partial charge in [-0.05, 0) is 38.5 Å². The molecule has 1 heterocycles. The van der Waals surface area contributed by atoms with Crippen molar-refractivity contribution in [3.8, 4) is 0 Å². The number of rotatable bonds is 47. The second-order valence-corrected chi connectivity index (χ2v) is 18.7. The highest BCUT2D eigenvalue weighted by molar-refractivity contribution is 5.69. The summed E-state index contributed by atoms with van der Waals surface area (Å²) in [5.41, 5.74) is 0. The number of carbonyl (C=O) groups is 1. The Kier molecular flexibility index (Phi) is 42.9. The van der Waals surface area contributed by atoms with E-state index in [1.54, 1.807) is 0 Å². The first-order valence-corrected chi connectivity index (χ1v) is 26.8. The summed E-state index contributed by atoms with van der Waals surface area (Å²) in [7, 11) is 0. The highest BCUT2D eigenvalue weighted by Crippen LogP contribution is 2.23. The summed E-state index contributed by atoms with van der Waals surface area (Å²) >= 11 is 0. The fourth-order valence-electron chi connectivity index (χ4n) is 8.49. The van der Waals surface area contributed by atoms with E-state index >= 15 is 0 Å². The average molecular weight is 883 g/mol. The van der Waals surface area contributed by atoms with Gasteiger partial charge < -0.3 is 39.4 Å². The quantitative estimate of drug-likeness (QED) is 0.0268. The first kappa shape index (κ1) is 58.9. The molecule has 62 heavy (non-hydrogen) atoms. The second kappa shape index (κ2) is 45.1. The third kappa shape index (κ3) is 35.2. The lowest BCUT2D eigenvalue weighted by molar-refractivity contribution is -0.305. The maximum atomic E-state index is 12.8. The smallest absolute Gasteiger partial charge is 0.306 e. The number of hydrogen-bond acceptors (Lipinski definition) is 9. The van der Waals surface area contributed by atoms with Crippen molar-refractivity contribution in [1.29, 1.82) is 0 Å². The van der Waals surface area contributed by atoms with Gasteiger partial charge in [-0.2, -0.15) is 0 Å². The topological polar surface area (TPSA) is 135 Å². The summed E-state index contributed by atoms with van der Waals surface area (Å²) in [6.45, 7) is 4.58. The first-order chi connectivity index (χ1) is 30.4. The highest BCUT2D eigenvalue weighted by atomic mass is 16.7. The number of unbranched alkanes of at least 4 members (excludes halogenated alkanes) is 34. The Hall–Kier alpha value is -1.07. The minimum absolute atomic E-state index is 0.110. The molecule has 9 nitrogen and oxygen atoms in total. The van der Waals surface area contributed by atoms with Crippen LogP contribution in [0.4, 0.5) is 0 Å². The van der Waals surface area contributed by atoms with Gasteiger partial charge in [0.1, 0.15) is 30.5 Å². The van der Waals surface area contributed by atoms with E-state index < -0.39 is 43.4 Å². The molecule has 0 aromatic carbocycles. The summed E-state index contributed by atoms with van der Waals surface area (Å²) < 4.78 is 22.9. The normalized spacial score (nSPS) is 19.7. The Bertz CT molecular complexity index is 961. The van der Waals surface area contributed by atoms with E-state index in [0.29, 0.717) is 13.0 Å². The zero-order valence-electron chi connectivity index (χ0n) is 40.6. The molecule has 0 amide bonds. The van der Waals surface area contributed by atoms with Crippen LogP contribution >= 0.6 is 0 Å². The maximum absolute atomic E-state index is 12.8. The molecule has 1 saturated heterocycles. The van der Waals surface area contributed by atoms with Gasteiger partial charge in [-0.3, -0.25) is 4.79 Å². The van der Waals surface area contributed by atoms with Crippen LogP contribution in [-0.4, -0.2) is 89.6 Å². The predicted octanol–water partition coefficient (Wildman–Crippen LogP) is 13.2. The Morgan fingerprint density at radius 2 is 0.887 bits per heavy atom. The Morgan fingerprint density at radius 1 is 0.500 bits per heavy atom. The number of aliphatic hydroxyl groups is 4. The molecule has 4 N–H and O–H groups in total. The summed E-state index contributed by atoms with van der Waals surface area (Å²) in [6.07, 6.45) is 45.4. The minimum atomic E-state index is -1.53. The van der Waals surface area contributed by atoms with Crippen LogP contribution in [0.3, 0.4) is 0 Å². The van der Waals surface area contributed by atoms with Crippen LogP contribution in [0.1, 0.15) is 258 Å². The lowest BCUT2D eigenvalue weighted by Gasteiger charge is -2.39. The van der Waals surface area contributed by atoms with Crippen molar-refractivity contribution in [2.24, 2.45) is 0 Å². The standard InChI is InChI=1S/C53H102O9/c1-3-5-7-9-11-13-15-17-19-20-21-22-23-24-25-26-27-28-29-30-32-34-36-38-40-42-49(55)61-47(46-60-53-52(58)51(57)50(56)48(44-54)62-53)45-59-43-41-39-37-35-33-31-18-16-14-12-10-8-6-4-2/h14,16,47-48,50-54,56-58H,3-13,15,17-46H2,1-2H3/b16-14-. The highest BCUT2D eigenvalue weighted by Gasteiger charge is 2.44. The number of hydrogen-bond donors (Lipinski definition) is 4. The third-order valence-electron chi connectivity index (χ3n) is 12.7. The minimum Gasteiger partial charge on any atom is -0.457 e. The van der Waals surface area contributed by atoms with Crippen LogP contribution < -0.4 is 0 Å². The molecule has 1 aliphatic heterocycles. The van der Waals surface area contributed by atoms with Gasteiger partial charge in [0.05, 0.1) is 19.8 Å². The number of aliphatic hydroxyl groups excluding tert-OH is 4. The summed E-state index contributed by atoms with van der Waals surface area (Å²) in [6, 6.07) is 0. The molecule has 9 heteroatoms. The molecule has 0 aromatic heterocycles. The molecule has 0 spiro atoms. The molecule has 1 fully saturated rings. The van der Waals surface area contributed by atoms with Crippen LogP contribution in [0.2, 0.25) is 0 Å². The van der Waals surface area contributed by atoms with E-state index in [4.69, 9.17) is 18.9 Å². The predicted molar refractivity (Wildman–Crippen MR) is 256 cm³/mol. The molecule has 368 valence electrons. The average Bonchev–Trinajstić information content (AvgIpc) is 3.27. The molecule has 0 aliphatic carbocycles. The van der Waals surface area contributed by atoms with Crippen LogP contribution in [0.25, 0.3) is 0 Å². The van der Waals surface area contributed by atoms with Crippen LogP contribution in [0, 0.1) is 0 Å². The fourth-order valence-corrected chi connectivity index (χ4v) is 8.49. The van der Waals surface area contributed by atoms with Crippen molar-refractivity contribution in [2.75, 3.05) is 26.4 Å². The van der Waals surface area contributed by atoms with E-state index in [0.717, 1.165) is 32.1 Å². The number of allylic oxidation sites excluding steroid dienone is 2. The monoisotopic (exact) mass is 883 g/mol. The summed E-state index contributed by atoms with van der Waals surface area (Å²) in [5, 5.41) is 40.2. The van der Waals surface area contributed by atoms with Crippen molar-refractivity contribution in [2.45, 2.75) is 295 Å². The van der Waals surface area contributed by atoms with Gasteiger partial charge in [0.2, 0.25) is 0 Å². The molecule has 0 bridgehead atoms. The molecule has 0 radical (unpaired) electrons. The van der Waals surface area contributed by atoms with Crippen LogP contribution in [0.15, 0.2) is 12.2 Å². The molecule has 0 aromatic rings. The van der Waals surface area contributed by atoms with Crippen molar-refractivity contribution in [3.63, 3.8) is 0 Å². The van der Waals surface area contributed by atoms with Gasteiger partial charge in [-0.25, -0.2) is 0 Å². The fraction of sp³-hybridized carbons (Fsp3) is 0.943. The SMILES string of the molecule is CCCCCC/C=C\CCCCCCCCOCC(COC1OC(CO)C(O)C(O)C1O)OC(=O)CCCCCCCCCCCCCCCCCCCCCCCCCCC. The zero-order chi connectivity index (χ0) is 45.0. The lowest BCUT2D eigenvalue weighted by atomic mass is 9.99.